The van der Waals surface area contributed by atoms with Gasteiger partial charge in [0.1, 0.15) is 6.61 Å². The Morgan fingerprint density at radius 3 is 2.88 bits per heavy atom. The Morgan fingerprint density at radius 2 is 2.20 bits per heavy atom. The van der Waals surface area contributed by atoms with E-state index in [2.05, 4.69) is 16.5 Å². The van der Waals surface area contributed by atoms with Crippen molar-refractivity contribution in [1.82, 2.24) is 9.55 Å². The predicted molar refractivity (Wildman–Crippen MR) is 97.7 cm³/mol. The summed E-state index contributed by atoms with van der Waals surface area (Å²) < 4.78 is 13.0. The SMILES string of the molecule is CCCn1ccnc1SC[C@H](O)COc1ccc(C(C)=O)cc1OC. The van der Waals surface area contributed by atoms with Gasteiger partial charge in [-0.1, -0.05) is 18.7 Å². The maximum Gasteiger partial charge on any atom is 0.168 e. The van der Waals surface area contributed by atoms with E-state index >= 15 is 0 Å². The molecule has 2 aromatic rings. The number of carbonyl (C=O) groups excluding carboxylic acids is 1. The van der Waals surface area contributed by atoms with Crippen LogP contribution in [0.4, 0.5) is 0 Å². The molecule has 1 N–H and O–H groups in total. The van der Waals surface area contributed by atoms with Crippen LogP contribution >= 0.6 is 11.8 Å². The first kappa shape index (κ1) is 19.3. The normalized spacial score (nSPS) is 12.0. The van der Waals surface area contributed by atoms with Crippen molar-refractivity contribution in [2.45, 2.75) is 38.1 Å². The second kappa shape index (κ2) is 9.48. The topological polar surface area (TPSA) is 73.6 Å². The van der Waals surface area contributed by atoms with Gasteiger partial charge in [0.2, 0.25) is 0 Å². The smallest absolute Gasteiger partial charge is 0.168 e. The van der Waals surface area contributed by atoms with Crippen LogP contribution in [-0.2, 0) is 6.54 Å². The third-order valence-electron chi connectivity index (χ3n) is 3.55. The Bertz CT molecular complexity index is 702. The number of ether oxygens (including phenoxy) is 2. The summed E-state index contributed by atoms with van der Waals surface area (Å²) in [6.07, 6.45) is 4.10. The van der Waals surface area contributed by atoms with Crippen molar-refractivity contribution < 1.29 is 19.4 Å². The van der Waals surface area contributed by atoms with Gasteiger partial charge in [0.05, 0.1) is 13.2 Å². The summed E-state index contributed by atoms with van der Waals surface area (Å²) in [5.74, 6) is 1.42. The molecule has 2 rings (SSSR count). The quantitative estimate of drug-likeness (QED) is 0.516. The number of thioether (sulfide) groups is 1. The molecule has 1 aromatic heterocycles. The number of methoxy groups -OCH3 is 1. The van der Waals surface area contributed by atoms with Crippen LogP contribution in [-0.4, -0.2) is 46.0 Å². The molecule has 1 atom stereocenters. The lowest BCUT2D eigenvalue weighted by Gasteiger charge is -2.15. The van der Waals surface area contributed by atoms with E-state index in [-0.39, 0.29) is 12.4 Å². The molecule has 0 aliphatic rings. The number of ketones is 1. The minimum absolute atomic E-state index is 0.0381. The van der Waals surface area contributed by atoms with Crippen molar-refractivity contribution in [2.75, 3.05) is 19.5 Å². The van der Waals surface area contributed by atoms with Crippen LogP contribution in [0, 0.1) is 0 Å². The van der Waals surface area contributed by atoms with Gasteiger partial charge in [-0.05, 0) is 31.5 Å². The summed E-state index contributed by atoms with van der Waals surface area (Å²) in [5, 5.41) is 11.1. The minimum atomic E-state index is -0.644. The molecule has 0 aliphatic heterocycles. The number of rotatable bonds is 10. The molecule has 0 saturated carbocycles. The Morgan fingerprint density at radius 1 is 1.40 bits per heavy atom. The lowest BCUT2D eigenvalue weighted by atomic mass is 10.1. The number of carbonyl (C=O) groups is 1. The average Bonchev–Trinajstić information content (AvgIpc) is 3.05. The highest BCUT2D eigenvalue weighted by Crippen LogP contribution is 2.28. The predicted octanol–water partition coefficient (Wildman–Crippen LogP) is 3.04. The summed E-state index contributed by atoms with van der Waals surface area (Å²) in [4.78, 5) is 15.7. The number of aliphatic hydroxyl groups excluding tert-OH is 1. The summed E-state index contributed by atoms with van der Waals surface area (Å²) in [6, 6.07) is 5.01. The largest absolute Gasteiger partial charge is 0.493 e. The molecular formula is C18H24N2O4S. The minimum Gasteiger partial charge on any atom is -0.493 e. The van der Waals surface area contributed by atoms with Gasteiger partial charge < -0.3 is 19.1 Å². The molecule has 1 heterocycles. The van der Waals surface area contributed by atoms with Gasteiger partial charge in [-0.25, -0.2) is 4.98 Å². The number of Topliss-reactive ketones (excluding diaryl/α,β-unsaturated/α-hetero) is 1. The zero-order chi connectivity index (χ0) is 18.2. The molecule has 6 nitrogen and oxygen atoms in total. The zero-order valence-electron chi connectivity index (χ0n) is 14.8. The van der Waals surface area contributed by atoms with E-state index in [0.717, 1.165) is 18.1 Å². The Kier molecular flexibility index (Phi) is 7.33. The van der Waals surface area contributed by atoms with E-state index in [1.807, 2.05) is 6.20 Å². The van der Waals surface area contributed by atoms with E-state index in [9.17, 15) is 9.90 Å². The van der Waals surface area contributed by atoms with Crippen molar-refractivity contribution in [3.8, 4) is 11.5 Å². The molecule has 0 bridgehead atoms. The average molecular weight is 364 g/mol. The molecule has 0 aliphatic carbocycles. The van der Waals surface area contributed by atoms with Gasteiger partial charge in [0.25, 0.3) is 0 Å². The van der Waals surface area contributed by atoms with Gasteiger partial charge in [-0.3, -0.25) is 4.79 Å². The molecule has 0 spiro atoms. The first-order valence-electron chi connectivity index (χ1n) is 8.19. The Labute approximate surface area is 152 Å². The molecular weight excluding hydrogens is 340 g/mol. The fraction of sp³-hybridized carbons (Fsp3) is 0.444. The second-order valence-corrected chi connectivity index (χ2v) is 6.59. The number of aryl methyl sites for hydroxylation is 1. The number of hydrogen-bond donors (Lipinski definition) is 1. The third-order valence-corrected chi connectivity index (χ3v) is 4.70. The van der Waals surface area contributed by atoms with Crippen LogP contribution in [0.15, 0.2) is 35.7 Å². The summed E-state index contributed by atoms with van der Waals surface area (Å²) >= 11 is 1.50. The number of hydrogen-bond acceptors (Lipinski definition) is 6. The summed E-state index contributed by atoms with van der Waals surface area (Å²) in [6.45, 7) is 4.66. The Balaban J connectivity index is 1.88. The lowest BCUT2D eigenvalue weighted by molar-refractivity contribution is 0.101. The van der Waals surface area contributed by atoms with Crippen molar-refractivity contribution >= 4 is 17.5 Å². The number of aromatic nitrogens is 2. The van der Waals surface area contributed by atoms with E-state index in [1.54, 1.807) is 24.4 Å². The van der Waals surface area contributed by atoms with Gasteiger partial charge >= 0.3 is 0 Å². The van der Waals surface area contributed by atoms with E-state index in [4.69, 9.17) is 9.47 Å². The van der Waals surface area contributed by atoms with E-state index in [1.165, 1.54) is 25.8 Å². The monoisotopic (exact) mass is 364 g/mol. The highest BCUT2D eigenvalue weighted by molar-refractivity contribution is 7.99. The second-order valence-electron chi connectivity index (χ2n) is 5.60. The van der Waals surface area contributed by atoms with Crippen molar-refractivity contribution in [3.05, 3.63) is 36.2 Å². The maximum atomic E-state index is 11.4. The highest BCUT2D eigenvalue weighted by Gasteiger charge is 2.13. The number of imidazole rings is 1. The van der Waals surface area contributed by atoms with Gasteiger partial charge in [0.15, 0.2) is 22.4 Å². The summed E-state index contributed by atoms with van der Waals surface area (Å²) in [7, 11) is 1.52. The molecule has 0 radical (unpaired) electrons. The van der Waals surface area contributed by atoms with Crippen LogP contribution in [0.5, 0.6) is 11.5 Å². The van der Waals surface area contributed by atoms with Crippen LogP contribution in [0.25, 0.3) is 0 Å². The molecule has 136 valence electrons. The number of nitrogens with zero attached hydrogens (tertiary/aromatic N) is 2. The first-order chi connectivity index (χ1) is 12.0. The zero-order valence-corrected chi connectivity index (χ0v) is 15.6. The highest BCUT2D eigenvalue weighted by atomic mass is 32.2. The van der Waals surface area contributed by atoms with Crippen LogP contribution in [0.3, 0.4) is 0 Å². The fourth-order valence-corrected chi connectivity index (χ4v) is 3.15. The standard InChI is InChI=1S/C18H24N2O4S/c1-4-8-20-9-7-19-18(20)25-12-15(22)11-24-16-6-5-14(13(2)21)10-17(16)23-3/h5-7,9-10,15,22H,4,8,11-12H2,1-3H3/t15-/m1/s1. The van der Waals surface area contributed by atoms with Crippen molar-refractivity contribution in [2.24, 2.45) is 0 Å². The summed E-state index contributed by atoms with van der Waals surface area (Å²) in [5.41, 5.74) is 0.558. The molecule has 0 unspecified atom stereocenters. The van der Waals surface area contributed by atoms with Crippen LogP contribution < -0.4 is 9.47 Å². The third kappa shape index (κ3) is 5.51. The molecule has 25 heavy (non-hydrogen) atoms. The molecule has 1 aromatic carbocycles. The lowest BCUT2D eigenvalue weighted by Crippen LogP contribution is -2.20. The van der Waals surface area contributed by atoms with E-state index < -0.39 is 6.10 Å². The van der Waals surface area contributed by atoms with Crippen molar-refractivity contribution in [3.63, 3.8) is 0 Å². The van der Waals surface area contributed by atoms with E-state index in [0.29, 0.717) is 22.8 Å². The van der Waals surface area contributed by atoms with Crippen LogP contribution in [0.2, 0.25) is 0 Å². The van der Waals surface area contributed by atoms with Gasteiger partial charge in [-0.15, -0.1) is 0 Å². The molecule has 0 saturated heterocycles. The number of benzene rings is 1. The first-order valence-corrected chi connectivity index (χ1v) is 9.17. The Hall–Kier alpha value is -1.99. The molecule has 0 fully saturated rings. The van der Waals surface area contributed by atoms with Gasteiger partial charge in [-0.2, -0.15) is 0 Å². The van der Waals surface area contributed by atoms with Gasteiger partial charge in [0, 0.05) is 30.3 Å². The van der Waals surface area contributed by atoms with Crippen LogP contribution in [0.1, 0.15) is 30.6 Å². The maximum absolute atomic E-state index is 11.4. The number of aliphatic hydroxyl groups is 1. The van der Waals surface area contributed by atoms with Crippen molar-refractivity contribution in [1.29, 1.82) is 0 Å². The molecule has 7 heteroatoms. The fourth-order valence-electron chi connectivity index (χ4n) is 2.26. The molecule has 0 amide bonds.